The van der Waals surface area contributed by atoms with Crippen LogP contribution in [0.4, 0.5) is 5.69 Å². The van der Waals surface area contributed by atoms with Gasteiger partial charge in [0.15, 0.2) is 5.65 Å². The molecule has 32 heavy (non-hydrogen) atoms. The second-order valence-electron chi connectivity index (χ2n) is 7.35. The third-order valence-electron chi connectivity index (χ3n) is 5.05. The minimum absolute atomic E-state index is 0.423. The zero-order valence-corrected chi connectivity index (χ0v) is 17.3. The van der Waals surface area contributed by atoms with Crippen molar-refractivity contribution in [3.63, 3.8) is 0 Å². The molecule has 0 bridgehead atoms. The number of aromatic amines is 1. The SMILES string of the molecule is Cc1cccc(-c2[nH]c(CNc3cccc(C(N)=O)c3)nc2-c2ccc3ncnn3c2)n1. The van der Waals surface area contributed by atoms with E-state index >= 15 is 0 Å². The van der Waals surface area contributed by atoms with Gasteiger partial charge in [0.1, 0.15) is 12.2 Å². The highest BCUT2D eigenvalue weighted by Crippen LogP contribution is 2.29. The second-order valence-corrected chi connectivity index (χ2v) is 7.35. The average molecular weight is 424 g/mol. The van der Waals surface area contributed by atoms with E-state index < -0.39 is 5.91 Å². The Morgan fingerprint density at radius 3 is 2.84 bits per heavy atom. The predicted molar refractivity (Wildman–Crippen MR) is 121 cm³/mol. The maximum absolute atomic E-state index is 11.4. The first-order valence-corrected chi connectivity index (χ1v) is 10.0. The Kier molecular flexibility index (Phi) is 4.83. The highest BCUT2D eigenvalue weighted by molar-refractivity contribution is 5.93. The van der Waals surface area contributed by atoms with Gasteiger partial charge in [-0.05, 0) is 49.4 Å². The molecule has 0 aliphatic heterocycles. The molecule has 0 atom stereocenters. The molecule has 9 nitrogen and oxygen atoms in total. The van der Waals surface area contributed by atoms with Gasteiger partial charge in [-0.15, -0.1) is 0 Å². The van der Waals surface area contributed by atoms with Gasteiger partial charge in [0.25, 0.3) is 0 Å². The van der Waals surface area contributed by atoms with Gasteiger partial charge in [0, 0.05) is 28.7 Å². The zero-order valence-electron chi connectivity index (χ0n) is 17.3. The summed E-state index contributed by atoms with van der Waals surface area (Å²) in [5.41, 5.74) is 11.5. The lowest BCUT2D eigenvalue weighted by molar-refractivity contribution is 0.100. The smallest absolute Gasteiger partial charge is 0.248 e. The van der Waals surface area contributed by atoms with Crippen molar-refractivity contribution in [1.82, 2.24) is 29.5 Å². The van der Waals surface area contributed by atoms with Crippen molar-refractivity contribution < 1.29 is 4.79 Å². The molecule has 0 aliphatic rings. The maximum atomic E-state index is 11.4. The summed E-state index contributed by atoms with van der Waals surface area (Å²) in [5.74, 6) is 0.256. The van der Waals surface area contributed by atoms with Crippen LogP contribution >= 0.6 is 0 Å². The number of imidazole rings is 1. The molecule has 0 saturated carbocycles. The lowest BCUT2D eigenvalue weighted by Gasteiger charge is -2.05. The van der Waals surface area contributed by atoms with Gasteiger partial charge in [0.2, 0.25) is 5.91 Å². The van der Waals surface area contributed by atoms with Crippen molar-refractivity contribution in [2.75, 3.05) is 5.32 Å². The Morgan fingerprint density at radius 1 is 1.12 bits per heavy atom. The molecule has 4 aromatic heterocycles. The van der Waals surface area contributed by atoms with Gasteiger partial charge in [-0.25, -0.2) is 14.5 Å². The monoisotopic (exact) mass is 424 g/mol. The van der Waals surface area contributed by atoms with Crippen LogP contribution in [0.15, 0.2) is 67.1 Å². The number of nitrogens with two attached hydrogens (primary N) is 1. The number of benzene rings is 1. The Morgan fingerprint density at radius 2 is 2.00 bits per heavy atom. The van der Waals surface area contributed by atoms with E-state index in [1.165, 1.54) is 6.33 Å². The van der Waals surface area contributed by atoms with E-state index in [1.807, 2.05) is 49.5 Å². The predicted octanol–water partition coefficient (Wildman–Crippen LogP) is 3.20. The van der Waals surface area contributed by atoms with Crippen LogP contribution in [0, 0.1) is 6.92 Å². The molecule has 5 rings (SSSR count). The van der Waals surface area contributed by atoms with E-state index in [-0.39, 0.29) is 0 Å². The van der Waals surface area contributed by atoms with Crippen molar-refractivity contribution in [1.29, 1.82) is 0 Å². The zero-order chi connectivity index (χ0) is 22.1. The number of hydrogen-bond acceptors (Lipinski definition) is 6. The average Bonchev–Trinajstić information content (AvgIpc) is 3.44. The molecule has 4 heterocycles. The minimum Gasteiger partial charge on any atom is -0.378 e. The quantitative estimate of drug-likeness (QED) is 0.384. The van der Waals surface area contributed by atoms with E-state index in [4.69, 9.17) is 10.7 Å². The normalized spacial score (nSPS) is 11.0. The summed E-state index contributed by atoms with van der Waals surface area (Å²) in [6.45, 7) is 2.38. The van der Waals surface area contributed by atoms with Crippen LogP contribution in [0.3, 0.4) is 0 Å². The molecule has 0 unspecified atom stereocenters. The van der Waals surface area contributed by atoms with E-state index in [9.17, 15) is 4.79 Å². The summed E-state index contributed by atoms with van der Waals surface area (Å²) in [6.07, 6.45) is 3.41. The number of nitrogens with one attached hydrogen (secondary N) is 2. The van der Waals surface area contributed by atoms with Gasteiger partial charge >= 0.3 is 0 Å². The fourth-order valence-electron chi connectivity index (χ4n) is 3.51. The Hall–Kier alpha value is -4.53. The fraction of sp³-hybridized carbons (Fsp3) is 0.0870. The number of amides is 1. The number of fused-ring (bicyclic) bond motifs is 1. The van der Waals surface area contributed by atoms with Crippen molar-refractivity contribution in [2.24, 2.45) is 5.73 Å². The molecular weight excluding hydrogens is 404 g/mol. The Labute approximate surface area is 183 Å². The number of aromatic nitrogens is 6. The van der Waals surface area contributed by atoms with Crippen LogP contribution in [0.5, 0.6) is 0 Å². The molecule has 0 saturated heterocycles. The van der Waals surface area contributed by atoms with Gasteiger partial charge in [-0.3, -0.25) is 9.78 Å². The molecule has 0 fully saturated rings. The third-order valence-corrected chi connectivity index (χ3v) is 5.05. The largest absolute Gasteiger partial charge is 0.378 e. The summed E-state index contributed by atoms with van der Waals surface area (Å²) in [6, 6.07) is 16.8. The van der Waals surface area contributed by atoms with Gasteiger partial charge in [-0.1, -0.05) is 12.1 Å². The molecule has 0 spiro atoms. The van der Waals surface area contributed by atoms with Crippen LogP contribution in [-0.2, 0) is 6.54 Å². The number of anilines is 1. The standard InChI is InChI=1S/C23H20N8O/c1-14-4-2-7-18(28-14)22-21(16-8-9-20-26-13-27-31(20)12-16)29-19(30-22)11-25-17-6-3-5-15(10-17)23(24)32/h2-10,12-13,25H,11H2,1H3,(H2,24,32)(H,29,30). The summed E-state index contributed by atoms with van der Waals surface area (Å²) in [7, 11) is 0. The van der Waals surface area contributed by atoms with Crippen molar-refractivity contribution >= 4 is 17.2 Å². The van der Waals surface area contributed by atoms with E-state index in [2.05, 4.69) is 25.4 Å². The molecule has 0 aliphatic carbocycles. The lowest BCUT2D eigenvalue weighted by atomic mass is 10.1. The summed E-state index contributed by atoms with van der Waals surface area (Å²) in [4.78, 5) is 28.6. The highest BCUT2D eigenvalue weighted by Gasteiger charge is 2.16. The number of nitrogens with zero attached hydrogens (tertiary/aromatic N) is 5. The molecular formula is C23H20N8O. The van der Waals surface area contributed by atoms with Crippen LogP contribution in [0.2, 0.25) is 0 Å². The molecule has 158 valence electrons. The maximum Gasteiger partial charge on any atom is 0.248 e. The van der Waals surface area contributed by atoms with Crippen LogP contribution in [0.1, 0.15) is 21.9 Å². The molecule has 1 amide bonds. The van der Waals surface area contributed by atoms with Crippen molar-refractivity contribution in [3.05, 3.63) is 84.2 Å². The third kappa shape index (κ3) is 3.79. The molecule has 4 N–H and O–H groups in total. The van der Waals surface area contributed by atoms with Gasteiger partial charge < -0.3 is 16.0 Å². The number of primary amides is 1. The minimum atomic E-state index is -0.467. The van der Waals surface area contributed by atoms with Crippen molar-refractivity contribution in [3.8, 4) is 22.6 Å². The number of hydrogen-bond donors (Lipinski definition) is 3. The van der Waals surface area contributed by atoms with Crippen molar-refractivity contribution in [2.45, 2.75) is 13.5 Å². The van der Waals surface area contributed by atoms with E-state index in [0.29, 0.717) is 12.1 Å². The number of carbonyl (C=O) groups is 1. The van der Waals surface area contributed by atoms with E-state index in [1.54, 1.807) is 22.7 Å². The summed E-state index contributed by atoms with van der Waals surface area (Å²) < 4.78 is 1.71. The number of H-pyrrole nitrogens is 1. The van der Waals surface area contributed by atoms with Crippen LogP contribution in [0.25, 0.3) is 28.3 Å². The first-order valence-electron chi connectivity index (χ1n) is 10.0. The lowest BCUT2D eigenvalue weighted by Crippen LogP contribution is -2.11. The first-order chi connectivity index (χ1) is 15.6. The Bertz CT molecular complexity index is 1440. The highest BCUT2D eigenvalue weighted by atomic mass is 16.1. The summed E-state index contributed by atoms with van der Waals surface area (Å²) in [5, 5.41) is 7.52. The van der Waals surface area contributed by atoms with Crippen LogP contribution in [-0.4, -0.2) is 35.5 Å². The van der Waals surface area contributed by atoms with Gasteiger partial charge in [0.05, 0.1) is 23.6 Å². The van der Waals surface area contributed by atoms with Gasteiger partial charge in [-0.2, -0.15) is 5.10 Å². The van der Waals surface area contributed by atoms with Crippen LogP contribution < -0.4 is 11.1 Å². The summed E-state index contributed by atoms with van der Waals surface area (Å²) >= 11 is 0. The molecule has 1 aromatic carbocycles. The number of carbonyl (C=O) groups excluding carboxylic acids is 1. The fourth-order valence-corrected chi connectivity index (χ4v) is 3.51. The van der Waals surface area contributed by atoms with E-state index in [0.717, 1.165) is 45.5 Å². The molecule has 0 radical (unpaired) electrons. The molecule has 9 heteroatoms. The topological polar surface area (TPSA) is 127 Å². The number of aryl methyl sites for hydroxylation is 1. The number of pyridine rings is 2. The second kappa shape index (κ2) is 7.95. The molecule has 5 aromatic rings. The first kappa shape index (κ1) is 19.4. The number of rotatable bonds is 6. The Balaban J connectivity index is 1.52.